The Morgan fingerprint density at radius 2 is 2.11 bits per heavy atom. The van der Waals surface area contributed by atoms with Crippen molar-refractivity contribution in [3.05, 3.63) is 47.0 Å². The summed E-state index contributed by atoms with van der Waals surface area (Å²) < 4.78 is 24.3. The molecule has 1 amide bonds. The maximum atomic E-state index is 13.5. The van der Waals surface area contributed by atoms with Crippen LogP contribution in [0.15, 0.2) is 29.0 Å². The van der Waals surface area contributed by atoms with E-state index in [1.54, 1.807) is 19.4 Å². The topological polar surface area (TPSA) is 76.4 Å². The number of fused-ring (bicyclic) bond motifs is 1. The van der Waals surface area contributed by atoms with Crippen LogP contribution in [0.3, 0.4) is 0 Å². The third-order valence-electron chi connectivity index (χ3n) is 7.21. The van der Waals surface area contributed by atoms with Crippen LogP contribution in [0.2, 0.25) is 0 Å². The van der Waals surface area contributed by atoms with Gasteiger partial charge in [-0.15, -0.1) is 0 Å². The van der Waals surface area contributed by atoms with Crippen molar-refractivity contribution in [1.82, 2.24) is 10.5 Å². The van der Waals surface area contributed by atoms with Gasteiger partial charge in [0.05, 0.1) is 11.6 Å². The van der Waals surface area contributed by atoms with Crippen molar-refractivity contribution in [2.45, 2.75) is 103 Å². The van der Waals surface area contributed by atoms with E-state index in [-0.39, 0.29) is 29.4 Å². The van der Waals surface area contributed by atoms with E-state index in [4.69, 9.17) is 9.26 Å². The number of methoxy groups -OCH3 is 1. The van der Waals surface area contributed by atoms with Crippen molar-refractivity contribution in [2.75, 3.05) is 12.4 Å². The summed E-state index contributed by atoms with van der Waals surface area (Å²) >= 11 is 0. The van der Waals surface area contributed by atoms with Crippen LogP contribution >= 0.6 is 0 Å². The molecule has 1 aliphatic rings. The number of hydrogen-bond acceptors (Lipinski definition) is 5. The van der Waals surface area contributed by atoms with Crippen LogP contribution in [0.4, 0.5) is 10.2 Å². The number of anilines is 1. The zero-order valence-corrected chi connectivity index (χ0v) is 22.0. The van der Waals surface area contributed by atoms with E-state index in [1.807, 2.05) is 6.07 Å². The van der Waals surface area contributed by atoms with Gasteiger partial charge < -0.3 is 19.9 Å². The van der Waals surface area contributed by atoms with E-state index < -0.39 is 0 Å². The van der Waals surface area contributed by atoms with Crippen molar-refractivity contribution < 1.29 is 18.4 Å². The lowest BCUT2D eigenvalue weighted by Crippen LogP contribution is -2.47. The number of hydrogen-bond donors (Lipinski definition) is 2. The molecule has 0 saturated heterocycles. The lowest BCUT2D eigenvalue weighted by Gasteiger charge is -2.29. The van der Waals surface area contributed by atoms with Crippen LogP contribution in [0, 0.1) is 11.7 Å². The van der Waals surface area contributed by atoms with Gasteiger partial charge in [-0.1, -0.05) is 44.3 Å². The summed E-state index contributed by atoms with van der Waals surface area (Å²) in [5.41, 5.74) is 3.06. The van der Waals surface area contributed by atoms with Gasteiger partial charge in [-0.25, -0.2) is 4.39 Å². The molecule has 0 bridgehead atoms. The summed E-state index contributed by atoms with van der Waals surface area (Å²) in [6.45, 7) is 8.51. The first-order valence-electron chi connectivity index (χ1n) is 13.0. The summed E-state index contributed by atoms with van der Waals surface area (Å²) in [5.74, 6) is 0.692. The first kappa shape index (κ1) is 27.3. The second kappa shape index (κ2) is 12.6. The van der Waals surface area contributed by atoms with Crippen molar-refractivity contribution >= 4 is 11.7 Å². The number of halogens is 1. The van der Waals surface area contributed by atoms with E-state index >= 15 is 0 Å². The minimum Gasteiger partial charge on any atom is -0.379 e. The standard InChI is InChI=1S/C28H42FN3O3/c1-6-8-25(30-24-13-11-20-16-23(29)12-10-21(20)17-24)27(33)31-26-22(18-35-32-26)15-19(2)9-7-14-28(3,4)34-5/h10,12,16,18-19,24-25,30H,6-9,11,13-15,17H2,1-5H3,(H,31,32,33)/t19?,24?,25-/m0/s1. The van der Waals surface area contributed by atoms with E-state index in [9.17, 15) is 9.18 Å². The molecule has 1 aromatic heterocycles. The summed E-state index contributed by atoms with van der Waals surface area (Å²) in [5, 5.41) is 10.6. The van der Waals surface area contributed by atoms with Crippen molar-refractivity contribution in [3.63, 3.8) is 0 Å². The average Bonchev–Trinajstić information content (AvgIpc) is 3.24. The molecule has 2 N–H and O–H groups in total. The maximum absolute atomic E-state index is 13.5. The quantitative estimate of drug-likeness (QED) is 0.371. The third kappa shape index (κ3) is 8.14. The Hall–Kier alpha value is -2.25. The van der Waals surface area contributed by atoms with Crippen LogP contribution in [0.5, 0.6) is 0 Å². The second-order valence-corrected chi connectivity index (χ2v) is 10.7. The minimum atomic E-state index is -0.315. The third-order valence-corrected chi connectivity index (χ3v) is 7.21. The van der Waals surface area contributed by atoms with Gasteiger partial charge in [-0.3, -0.25) is 4.79 Å². The predicted molar refractivity (Wildman–Crippen MR) is 137 cm³/mol. The first-order chi connectivity index (χ1) is 16.7. The summed E-state index contributed by atoms with van der Waals surface area (Å²) in [7, 11) is 1.75. The van der Waals surface area contributed by atoms with Crippen LogP contribution in [0.25, 0.3) is 0 Å². The Morgan fingerprint density at radius 3 is 2.86 bits per heavy atom. The number of rotatable bonds is 13. The normalized spacial score (nSPS) is 17.6. The van der Waals surface area contributed by atoms with Gasteiger partial charge in [0.1, 0.15) is 12.1 Å². The van der Waals surface area contributed by atoms with Gasteiger partial charge in [0, 0.05) is 18.7 Å². The van der Waals surface area contributed by atoms with E-state index in [1.165, 1.54) is 6.07 Å². The molecule has 0 aliphatic heterocycles. The first-order valence-corrected chi connectivity index (χ1v) is 13.0. The van der Waals surface area contributed by atoms with Gasteiger partial charge in [0.15, 0.2) is 5.82 Å². The summed E-state index contributed by atoms with van der Waals surface area (Å²) in [4.78, 5) is 13.2. The molecule has 7 heteroatoms. The zero-order chi connectivity index (χ0) is 25.4. The number of carbonyl (C=O) groups excluding carboxylic acids is 1. The zero-order valence-electron chi connectivity index (χ0n) is 22.0. The molecule has 3 rings (SSSR count). The van der Waals surface area contributed by atoms with Crippen molar-refractivity contribution in [1.29, 1.82) is 0 Å². The Bertz CT molecular complexity index is 959. The Kier molecular flexibility index (Phi) is 9.87. The highest BCUT2D eigenvalue weighted by molar-refractivity contribution is 5.94. The number of ether oxygens (including phenoxy) is 1. The molecule has 0 spiro atoms. The minimum absolute atomic E-state index is 0.0820. The van der Waals surface area contributed by atoms with Gasteiger partial charge >= 0.3 is 0 Å². The smallest absolute Gasteiger partial charge is 0.242 e. The maximum Gasteiger partial charge on any atom is 0.242 e. The molecule has 2 aromatic rings. The van der Waals surface area contributed by atoms with Gasteiger partial charge in [0.25, 0.3) is 0 Å². The molecule has 0 radical (unpaired) electrons. The van der Waals surface area contributed by atoms with Crippen LogP contribution in [-0.2, 0) is 28.8 Å². The van der Waals surface area contributed by atoms with Gasteiger partial charge in [-0.05, 0) is 81.5 Å². The Labute approximate surface area is 209 Å². The molecular weight excluding hydrogens is 445 g/mol. The second-order valence-electron chi connectivity index (χ2n) is 10.7. The SMILES string of the molecule is CCC[C@H](NC1CCc2cc(F)ccc2C1)C(=O)Nc1nocc1CC(C)CCCC(C)(C)OC. The molecule has 0 saturated carbocycles. The van der Waals surface area contributed by atoms with Gasteiger partial charge in [0.2, 0.25) is 5.91 Å². The summed E-state index contributed by atoms with van der Waals surface area (Å²) in [6.07, 6.45) is 9.72. The fraction of sp³-hybridized carbons (Fsp3) is 0.643. The number of nitrogens with one attached hydrogen (secondary N) is 2. The lowest BCUT2D eigenvalue weighted by molar-refractivity contribution is -0.118. The van der Waals surface area contributed by atoms with Gasteiger partial charge in [-0.2, -0.15) is 0 Å². The molecule has 194 valence electrons. The van der Waals surface area contributed by atoms with Crippen molar-refractivity contribution in [2.24, 2.45) is 5.92 Å². The average molecular weight is 488 g/mol. The molecule has 1 heterocycles. The molecular formula is C28H42FN3O3. The van der Waals surface area contributed by atoms with E-state index in [0.717, 1.165) is 74.5 Å². The monoisotopic (exact) mass is 487 g/mol. The number of carbonyl (C=O) groups is 1. The molecule has 3 atom stereocenters. The van der Waals surface area contributed by atoms with E-state index in [2.05, 4.69) is 43.5 Å². The lowest BCUT2D eigenvalue weighted by atomic mass is 9.87. The Balaban J connectivity index is 1.55. The number of nitrogens with zero attached hydrogens (tertiary/aromatic N) is 1. The van der Waals surface area contributed by atoms with Crippen LogP contribution in [0.1, 0.15) is 82.9 Å². The number of amides is 1. The molecule has 2 unspecified atom stereocenters. The highest BCUT2D eigenvalue weighted by Gasteiger charge is 2.26. The molecule has 1 aromatic carbocycles. The summed E-state index contributed by atoms with van der Waals surface area (Å²) in [6, 6.07) is 4.89. The fourth-order valence-electron chi connectivity index (χ4n) is 4.89. The largest absolute Gasteiger partial charge is 0.379 e. The number of benzene rings is 1. The molecule has 0 fully saturated rings. The van der Waals surface area contributed by atoms with Crippen LogP contribution < -0.4 is 10.6 Å². The molecule has 6 nitrogen and oxygen atoms in total. The molecule has 1 aliphatic carbocycles. The highest BCUT2D eigenvalue weighted by Crippen LogP contribution is 2.25. The van der Waals surface area contributed by atoms with Crippen molar-refractivity contribution in [3.8, 4) is 0 Å². The van der Waals surface area contributed by atoms with E-state index in [0.29, 0.717) is 11.7 Å². The number of aryl methyl sites for hydroxylation is 1. The highest BCUT2D eigenvalue weighted by atomic mass is 19.1. The predicted octanol–water partition coefficient (Wildman–Crippen LogP) is 5.84. The number of aromatic nitrogens is 1. The Morgan fingerprint density at radius 1 is 1.31 bits per heavy atom. The van der Waals surface area contributed by atoms with Crippen LogP contribution in [-0.4, -0.2) is 35.9 Å². The molecule has 35 heavy (non-hydrogen) atoms. The fourth-order valence-corrected chi connectivity index (χ4v) is 4.89.